The summed E-state index contributed by atoms with van der Waals surface area (Å²) in [6, 6.07) is 0. The van der Waals surface area contributed by atoms with Gasteiger partial charge >= 0.3 is 11.9 Å². The Morgan fingerprint density at radius 2 is 1.16 bits per heavy atom. The molecule has 2 saturated carbocycles. The maximum atomic E-state index is 12.6. The average Bonchev–Trinajstić information content (AvgIpc) is 2.58. The second-order valence-corrected chi connectivity index (χ2v) is 6.20. The van der Waals surface area contributed by atoms with Gasteiger partial charge in [-0.1, -0.05) is 0 Å². The summed E-state index contributed by atoms with van der Waals surface area (Å²) in [6.45, 7) is 0. The summed E-state index contributed by atoms with van der Waals surface area (Å²) in [5.41, 5.74) is -5.02. The van der Waals surface area contributed by atoms with Crippen LogP contribution in [0.3, 0.4) is 0 Å². The van der Waals surface area contributed by atoms with E-state index in [0.717, 1.165) is 14.2 Å². The lowest BCUT2D eigenvalue weighted by Gasteiger charge is -2.54. The zero-order valence-electron chi connectivity index (χ0n) is 13.4. The first-order valence-corrected chi connectivity index (χ1v) is 7.24. The highest BCUT2D eigenvalue weighted by atomic mass is 16.5. The number of fused-ring (bicyclic) bond motifs is 2. The number of esters is 2. The highest BCUT2D eigenvalue weighted by Crippen LogP contribution is 2.55. The minimum atomic E-state index is -2.51. The fourth-order valence-electron chi connectivity index (χ4n) is 3.76. The molecule has 2 aliphatic rings. The smallest absolute Gasteiger partial charge is 0.316 e. The van der Waals surface area contributed by atoms with Crippen molar-refractivity contribution in [3.8, 4) is 0 Å². The third-order valence-electron chi connectivity index (χ3n) is 5.04. The Balaban J connectivity index is 2.71. The van der Waals surface area contributed by atoms with Gasteiger partial charge in [0, 0.05) is 0 Å². The number of rotatable bonds is 4. The number of carboxylic acid groups (broad SMARTS) is 2. The van der Waals surface area contributed by atoms with E-state index in [9.17, 15) is 39.0 Å². The molecule has 0 unspecified atom stereocenters. The van der Waals surface area contributed by atoms with Crippen molar-refractivity contribution in [2.45, 2.75) is 19.3 Å². The molecule has 0 heterocycles. The number of ether oxygens (including phenoxy) is 2. The molecule has 0 aromatic heterocycles. The van der Waals surface area contributed by atoms with Crippen LogP contribution in [0.25, 0.3) is 0 Å². The first kappa shape index (κ1) is 18.6. The van der Waals surface area contributed by atoms with Crippen molar-refractivity contribution < 1.29 is 48.5 Å². The van der Waals surface area contributed by atoms with Gasteiger partial charge in [-0.05, 0) is 19.3 Å². The molecule has 0 aromatic carbocycles. The predicted molar refractivity (Wildman–Crippen MR) is 69.8 cm³/mol. The van der Waals surface area contributed by atoms with Crippen LogP contribution < -0.4 is 10.2 Å². The second-order valence-electron chi connectivity index (χ2n) is 6.20. The fourth-order valence-corrected chi connectivity index (χ4v) is 3.76. The summed E-state index contributed by atoms with van der Waals surface area (Å²) in [5, 5.41) is 23.4. The molecular formula is C15H14O10-2. The fraction of sp³-hybridized carbons (Fsp3) is 0.600. The van der Waals surface area contributed by atoms with Crippen LogP contribution >= 0.6 is 0 Å². The minimum Gasteiger partial charge on any atom is -0.549 e. The number of carboxylic acids is 2. The lowest BCUT2D eigenvalue weighted by atomic mass is 9.48. The predicted octanol–water partition coefficient (Wildman–Crippen LogP) is -3.63. The van der Waals surface area contributed by atoms with Gasteiger partial charge in [0.25, 0.3) is 0 Å². The van der Waals surface area contributed by atoms with Crippen LogP contribution in [0, 0.1) is 22.7 Å². The molecular weight excluding hydrogens is 340 g/mol. The number of hydrogen-bond donors (Lipinski definition) is 0. The zero-order chi connectivity index (χ0) is 19.2. The number of carbonyl (C=O) groups is 6. The van der Waals surface area contributed by atoms with Gasteiger partial charge in [-0.25, -0.2) is 0 Å². The summed E-state index contributed by atoms with van der Waals surface area (Å²) in [5.74, 6) is -12.2. The number of ketones is 2. The molecule has 0 aromatic rings. The number of aliphatic carboxylic acids is 2. The van der Waals surface area contributed by atoms with Crippen molar-refractivity contribution in [2.24, 2.45) is 22.7 Å². The summed E-state index contributed by atoms with van der Waals surface area (Å²) in [6.07, 6.45) is -2.63. The van der Waals surface area contributed by atoms with Gasteiger partial charge in [0.2, 0.25) is 0 Å². The first-order valence-electron chi connectivity index (χ1n) is 7.24. The third kappa shape index (κ3) is 2.39. The molecule has 25 heavy (non-hydrogen) atoms. The summed E-state index contributed by atoms with van der Waals surface area (Å²) in [4.78, 5) is 72.4. The molecule has 0 aliphatic heterocycles. The van der Waals surface area contributed by atoms with Crippen LogP contribution in [0.4, 0.5) is 0 Å². The number of hydrogen-bond acceptors (Lipinski definition) is 10. The van der Waals surface area contributed by atoms with Crippen LogP contribution in [-0.4, -0.2) is 49.7 Å². The average molecular weight is 354 g/mol. The van der Waals surface area contributed by atoms with Crippen molar-refractivity contribution >= 4 is 35.4 Å². The van der Waals surface area contributed by atoms with Crippen LogP contribution in [0.5, 0.6) is 0 Å². The van der Waals surface area contributed by atoms with E-state index in [4.69, 9.17) is 0 Å². The van der Waals surface area contributed by atoms with Crippen molar-refractivity contribution in [1.82, 2.24) is 0 Å². The van der Waals surface area contributed by atoms with Gasteiger partial charge in [0.1, 0.15) is 11.8 Å². The summed E-state index contributed by atoms with van der Waals surface area (Å²) < 4.78 is 8.83. The highest BCUT2D eigenvalue weighted by Gasteiger charge is 2.66. The Kier molecular flexibility index (Phi) is 4.41. The number of Topliss-reactive ketones (excluding diaryl/α,β-unsaturated/α-hetero) is 2. The molecule has 2 bridgehead atoms. The molecule has 0 radical (unpaired) electrons. The molecule has 0 amide bonds. The van der Waals surface area contributed by atoms with Crippen molar-refractivity contribution in [3.63, 3.8) is 0 Å². The number of carbonyl (C=O) groups excluding carboxylic acids is 6. The standard InChI is InChI=1S/C15H16O10/c1-24-10(18)6-3-14(12(20)21)5-15(8(6)16,13(22)23)4-7(9(14)17)11(19)25-2/h6-7H,3-5H2,1-2H3,(H,20,21)(H,22,23)/p-2/t6-,7-,14-,15-/m0/s1. The zero-order valence-corrected chi connectivity index (χ0v) is 13.4. The van der Waals surface area contributed by atoms with E-state index in [0.29, 0.717) is 0 Å². The van der Waals surface area contributed by atoms with E-state index in [1.54, 1.807) is 0 Å². The Hall–Kier alpha value is -2.78. The lowest BCUT2D eigenvalue weighted by molar-refractivity contribution is -0.328. The van der Waals surface area contributed by atoms with Gasteiger partial charge in [0.05, 0.1) is 37.0 Å². The normalized spacial score (nSPS) is 34.2. The van der Waals surface area contributed by atoms with Gasteiger partial charge in [-0.15, -0.1) is 0 Å². The van der Waals surface area contributed by atoms with Crippen LogP contribution in [0.2, 0.25) is 0 Å². The second kappa shape index (κ2) is 5.94. The molecule has 4 atom stereocenters. The molecule has 2 rings (SSSR count). The topological polar surface area (TPSA) is 167 Å². The SMILES string of the molecule is COC(=O)[C@H]1C[C@]2(C(=O)[O-])C[C@@](C(=O)[O-])(C[C@H](C(=O)OC)C2=O)C1=O. The minimum absolute atomic E-state index is 0.845. The highest BCUT2D eigenvalue weighted by molar-refractivity contribution is 6.20. The molecule has 136 valence electrons. The maximum Gasteiger partial charge on any atom is 0.316 e. The molecule has 10 nitrogen and oxygen atoms in total. The van der Waals surface area contributed by atoms with E-state index in [1.807, 2.05) is 0 Å². The molecule has 10 heteroatoms. The molecule has 2 fully saturated rings. The van der Waals surface area contributed by atoms with Gasteiger partial charge in [-0.2, -0.15) is 0 Å². The van der Waals surface area contributed by atoms with E-state index >= 15 is 0 Å². The Morgan fingerprint density at radius 1 is 0.840 bits per heavy atom. The van der Waals surface area contributed by atoms with Crippen LogP contribution in [0.15, 0.2) is 0 Å². The first-order chi connectivity index (χ1) is 11.6. The quantitative estimate of drug-likeness (QED) is 0.363. The van der Waals surface area contributed by atoms with Crippen molar-refractivity contribution in [3.05, 3.63) is 0 Å². The summed E-state index contributed by atoms with van der Waals surface area (Å²) in [7, 11) is 1.85. The van der Waals surface area contributed by atoms with Crippen molar-refractivity contribution in [2.75, 3.05) is 14.2 Å². The Bertz CT molecular complexity index is 636. The Labute approximate surface area is 141 Å². The third-order valence-corrected chi connectivity index (χ3v) is 5.04. The molecule has 0 saturated heterocycles. The maximum absolute atomic E-state index is 12.6. The Morgan fingerprint density at radius 3 is 1.40 bits per heavy atom. The monoisotopic (exact) mass is 354 g/mol. The molecule has 2 aliphatic carbocycles. The van der Waals surface area contributed by atoms with Crippen molar-refractivity contribution in [1.29, 1.82) is 0 Å². The molecule has 0 spiro atoms. The van der Waals surface area contributed by atoms with E-state index in [2.05, 4.69) is 9.47 Å². The van der Waals surface area contributed by atoms with Gasteiger partial charge < -0.3 is 29.3 Å². The van der Waals surface area contributed by atoms with Crippen LogP contribution in [0.1, 0.15) is 19.3 Å². The molecule has 0 N–H and O–H groups in total. The van der Waals surface area contributed by atoms with Gasteiger partial charge in [0.15, 0.2) is 11.6 Å². The summed E-state index contributed by atoms with van der Waals surface area (Å²) >= 11 is 0. The lowest BCUT2D eigenvalue weighted by Crippen LogP contribution is -2.68. The number of methoxy groups -OCH3 is 2. The van der Waals surface area contributed by atoms with Crippen LogP contribution in [-0.2, 0) is 38.2 Å². The van der Waals surface area contributed by atoms with E-state index in [1.165, 1.54) is 0 Å². The van der Waals surface area contributed by atoms with E-state index < -0.39 is 77.4 Å². The van der Waals surface area contributed by atoms with E-state index in [-0.39, 0.29) is 0 Å². The largest absolute Gasteiger partial charge is 0.549 e. The van der Waals surface area contributed by atoms with Gasteiger partial charge in [-0.3, -0.25) is 19.2 Å².